The Morgan fingerprint density at radius 2 is 1.81 bits per heavy atom. The molecule has 0 aliphatic heterocycles. The van der Waals surface area contributed by atoms with Gasteiger partial charge in [-0.1, -0.05) is 62.6 Å². The molecule has 0 spiro atoms. The van der Waals surface area contributed by atoms with Crippen molar-refractivity contribution in [3.63, 3.8) is 0 Å². The van der Waals surface area contributed by atoms with E-state index in [2.05, 4.69) is 48.4 Å². The summed E-state index contributed by atoms with van der Waals surface area (Å²) in [6.45, 7) is 2.24. The van der Waals surface area contributed by atoms with Gasteiger partial charge in [0.05, 0.1) is 5.52 Å². The second-order valence-corrected chi connectivity index (χ2v) is 6.72. The molecule has 3 rings (SSSR count). The lowest BCUT2D eigenvalue weighted by molar-refractivity contribution is 0.667. The van der Waals surface area contributed by atoms with E-state index in [1.807, 2.05) is 24.3 Å². The molecule has 2 aromatic carbocycles. The predicted molar refractivity (Wildman–Crippen MR) is 109 cm³/mol. The molecule has 0 N–H and O–H groups in total. The average molecular weight is 343 g/mol. The third kappa shape index (κ3) is 4.03. The monoisotopic (exact) mass is 343 g/mol. The Hall–Kier alpha value is -2.86. The highest BCUT2D eigenvalue weighted by atomic mass is 15.1. The first-order valence-corrected chi connectivity index (χ1v) is 9.35. The van der Waals surface area contributed by atoms with Crippen LogP contribution >= 0.6 is 0 Å². The van der Waals surface area contributed by atoms with Crippen molar-refractivity contribution in [2.24, 2.45) is 0 Å². The second kappa shape index (κ2) is 8.49. The molecule has 0 saturated carbocycles. The van der Waals surface area contributed by atoms with Gasteiger partial charge in [0.15, 0.2) is 6.19 Å². The van der Waals surface area contributed by atoms with Crippen molar-refractivity contribution < 1.29 is 0 Å². The zero-order chi connectivity index (χ0) is 18.4. The molecule has 0 fully saturated rings. The summed E-state index contributed by atoms with van der Waals surface area (Å²) >= 11 is 0. The number of hydrogen-bond donors (Lipinski definition) is 0. The minimum absolute atomic E-state index is 0.676. The molecular weight excluding hydrogens is 318 g/mol. The number of pyridine rings is 1. The van der Waals surface area contributed by atoms with E-state index in [9.17, 15) is 5.26 Å². The number of rotatable bonds is 7. The summed E-state index contributed by atoms with van der Waals surface area (Å²) in [5, 5.41) is 10.4. The van der Waals surface area contributed by atoms with Crippen LogP contribution in [0.5, 0.6) is 0 Å². The van der Waals surface area contributed by atoms with Gasteiger partial charge >= 0.3 is 0 Å². The Labute approximate surface area is 155 Å². The highest BCUT2D eigenvalue weighted by molar-refractivity contribution is 5.96. The SMILES string of the molecule is CCCCCCc1ccc2nc(N(C)C#N)cc(-c3ccccc3)c2c1. The smallest absolute Gasteiger partial charge is 0.185 e. The first-order valence-electron chi connectivity index (χ1n) is 9.35. The first-order chi connectivity index (χ1) is 12.7. The van der Waals surface area contributed by atoms with Crippen LogP contribution in [0.2, 0.25) is 0 Å². The normalized spacial score (nSPS) is 10.7. The quantitative estimate of drug-likeness (QED) is 0.303. The van der Waals surface area contributed by atoms with Crippen molar-refractivity contribution >= 4 is 16.7 Å². The lowest BCUT2D eigenvalue weighted by Crippen LogP contribution is -2.10. The molecule has 0 bridgehead atoms. The number of nitrogens with zero attached hydrogens (tertiary/aromatic N) is 3. The van der Waals surface area contributed by atoms with Crippen molar-refractivity contribution in [1.29, 1.82) is 5.26 Å². The van der Waals surface area contributed by atoms with Gasteiger partial charge in [-0.05, 0) is 47.7 Å². The molecule has 132 valence electrons. The second-order valence-electron chi connectivity index (χ2n) is 6.72. The molecule has 26 heavy (non-hydrogen) atoms. The lowest BCUT2D eigenvalue weighted by Gasteiger charge is -2.14. The maximum absolute atomic E-state index is 9.24. The van der Waals surface area contributed by atoms with E-state index in [1.165, 1.54) is 36.1 Å². The Morgan fingerprint density at radius 3 is 2.54 bits per heavy atom. The van der Waals surface area contributed by atoms with Gasteiger partial charge in [-0.15, -0.1) is 0 Å². The van der Waals surface area contributed by atoms with Crippen LogP contribution in [0.1, 0.15) is 38.2 Å². The standard InChI is InChI=1S/C23H25N3/c1-3-4-5-7-10-18-13-14-22-21(15-18)20(19-11-8-6-9-12-19)16-23(25-22)26(2)17-24/h6,8-9,11-16H,3-5,7,10H2,1-2H3. The summed E-state index contributed by atoms with van der Waals surface area (Å²) < 4.78 is 0. The van der Waals surface area contributed by atoms with Crippen LogP contribution in [0, 0.1) is 11.5 Å². The fourth-order valence-corrected chi connectivity index (χ4v) is 3.25. The van der Waals surface area contributed by atoms with E-state index in [1.54, 1.807) is 7.05 Å². The van der Waals surface area contributed by atoms with Crippen LogP contribution < -0.4 is 4.90 Å². The zero-order valence-corrected chi connectivity index (χ0v) is 15.6. The van der Waals surface area contributed by atoms with Gasteiger partial charge in [0.1, 0.15) is 5.82 Å². The zero-order valence-electron chi connectivity index (χ0n) is 15.6. The van der Waals surface area contributed by atoms with Crippen molar-refractivity contribution in [2.45, 2.75) is 39.0 Å². The van der Waals surface area contributed by atoms with E-state index in [4.69, 9.17) is 0 Å². The summed E-state index contributed by atoms with van der Waals surface area (Å²) in [5.74, 6) is 0.676. The molecule has 0 amide bonds. The third-order valence-electron chi connectivity index (χ3n) is 4.76. The highest BCUT2D eigenvalue weighted by Gasteiger charge is 2.11. The molecule has 0 unspecified atom stereocenters. The van der Waals surface area contributed by atoms with Crippen LogP contribution in [-0.2, 0) is 6.42 Å². The van der Waals surface area contributed by atoms with E-state index in [0.29, 0.717) is 5.82 Å². The minimum Gasteiger partial charge on any atom is -0.266 e. The van der Waals surface area contributed by atoms with Crippen LogP contribution in [0.15, 0.2) is 54.6 Å². The molecule has 0 saturated heterocycles. The Balaban J connectivity index is 2.05. The number of hydrogen-bond acceptors (Lipinski definition) is 3. The minimum atomic E-state index is 0.676. The maximum Gasteiger partial charge on any atom is 0.185 e. The van der Waals surface area contributed by atoms with Gasteiger partial charge in [0.2, 0.25) is 0 Å². The van der Waals surface area contributed by atoms with Gasteiger partial charge in [-0.3, -0.25) is 4.90 Å². The van der Waals surface area contributed by atoms with Crippen molar-refractivity contribution in [1.82, 2.24) is 4.98 Å². The van der Waals surface area contributed by atoms with Gasteiger partial charge in [-0.25, -0.2) is 4.98 Å². The van der Waals surface area contributed by atoms with Crippen LogP contribution in [0.4, 0.5) is 5.82 Å². The number of anilines is 1. The summed E-state index contributed by atoms with van der Waals surface area (Å²) in [6.07, 6.45) is 8.31. The molecular formula is C23H25N3. The first kappa shape index (κ1) is 17.9. The highest BCUT2D eigenvalue weighted by Crippen LogP contribution is 2.32. The number of aryl methyl sites for hydroxylation is 1. The Kier molecular flexibility index (Phi) is 5.86. The number of nitriles is 1. The Bertz CT molecular complexity index is 910. The van der Waals surface area contributed by atoms with Crippen LogP contribution in [0.3, 0.4) is 0 Å². The third-order valence-corrected chi connectivity index (χ3v) is 4.76. The van der Waals surface area contributed by atoms with Crippen molar-refractivity contribution in [3.05, 3.63) is 60.2 Å². The molecule has 1 heterocycles. The van der Waals surface area contributed by atoms with Gasteiger partial charge < -0.3 is 0 Å². The van der Waals surface area contributed by atoms with Gasteiger partial charge in [-0.2, -0.15) is 5.26 Å². The fourth-order valence-electron chi connectivity index (χ4n) is 3.25. The van der Waals surface area contributed by atoms with Crippen LogP contribution in [-0.4, -0.2) is 12.0 Å². The van der Waals surface area contributed by atoms with Crippen molar-refractivity contribution in [3.8, 4) is 17.3 Å². The van der Waals surface area contributed by atoms with E-state index >= 15 is 0 Å². The molecule has 0 radical (unpaired) electrons. The lowest BCUT2D eigenvalue weighted by atomic mass is 9.97. The maximum atomic E-state index is 9.24. The van der Waals surface area contributed by atoms with Crippen molar-refractivity contribution in [2.75, 3.05) is 11.9 Å². The number of fused-ring (bicyclic) bond motifs is 1. The predicted octanol–water partition coefficient (Wildman–Crippen LogP) is 5.94. The van der Waals surface area contributed by atoms with E-state index in [0.717, 1.165) is 28.5 Å². The molecule has 3 aromatic rings. The van der Waals surface area contributed by atoms with Gasteiger partial charge in [0, 0.05) is 12.4 Å². The summed E-state index contributed by atoms with van der Waals surface area (Å²) in [7, 11) is 1.74. The fraction of sp³-hybridized carbons (Fsp3) is 0.304. The van der Waals surface area contributed by atoms with E-state index in [-0.39, 0.29) is 0 Å². The number of benzene rings is 2. The van der Waals surface area contributed by atoms with E-state index < -0.39 is 0 Å². The average Bonchev–Trinajstić information content (AvgIpc) is 2.70. The summed E-state index contributed by atoms with van der Waals surface area (Å²) in [5.41, 5.74) is 4.56. The number of unbranched alkanes of at least 4 members (excludes halogenated alkanes) is 3. The molecule has 0 atom stereocenters. The molecule has 1 aromatic heterocycles. The van der Waals surface area contributed by atoms with Crippen LogP contribution in [0.25, 0.3) is 22.0 Å². The topological polar surface area (TPSA) is 39.9 Å². The largest absolute Gasteiger partial charge is 0.266 e. The molecule has 0 aliphatic rings. The molecule has 0 aliphatic carbocycles. The Morgan fingerprint density at radius 1 is 1.00 bits per heavy atom. The molecule has 3 nitrogen and oxygen atoms in total. The van der Waals surface area contributed by atoms with Gasteiger partial charge in [0.25, 0.3) is 0 Å². The summed E-state index contributed by atoms with van der Waals surface area (Å²) in [4.78, 5) is 6.19. The number of aromatic nitrogens is 1. The summed E-state index contributed by atoms with van der Waals surface area (Å²) in [6, 6.07) is 18.9. The molecule has 3 heteroatoms.